The summed E-state index contributed by atoms with van der Waals surface area (Å²) in [4.78, 5) is 0. The quantitative estimate of drug-likeness (QED) is 0.753. The van der Waals surface area contributed by atoms with Crippen molar-refractivity contribution in [2.45, 2.75) is 12.2 Å². The second-order valence-electron chi connectivity index (χ2n) is 7.06. The van der Waals surface area contributed by atoms with E-state index in [1.54, 1.807) is 28.4 Å². The monoisotopic (exact) mass is 386 g/mol. The van der Waals surface area contributed by atoms with Gasteiger partial charge in [-0.15, -0.1) is 0 Å². The highest BCUT2D eigenvalue weighted by atomic mass is 16.5. The highest BCUT2D eigenvalue weighted by Gasteiger charge is 2.48. The average molecular weight is 386 g/mol. The lowest BCUT2D eigenvalue weighted by molar-refractivity contribution is 0.0191. The summed E-state index contributed by atoms with van der Waals surface area (Å²) >= 11 is 0. The van der Waals surface area contributed by atoms with E-state index in [2.05, 4.69) is 0 Å². The standard InChI is InChI=1S/C22H26O6/c1-23-17-7-5-13(9-19(17)25-3)21-15-11-28-22(16(15)12-27-21)14-6-8-18(24-2)20(10-14)26-4/h5-10,15-16,21-22H,11-12H2,1-4H3/t15?,16?,21-,22?/m1/s1. The van der Waals surface area contributed by atoms with Gasteiger partial charge in [0.05, 0.1) is 53.9 Å². The Bertz CT molecular complexity index is 766. The number of rotatable bonds is 6. The SMILES string of the molecule is COc1ccc(C2OCC3C2CO[C@@H]3c2ccc(OC)c(OC)c2)cc1OC. The van der Waals surface area contributed by atoms with Crippen LogP contribution in [0.4, 0.5) is 0 Å². The normalized spacial score (nSPS) is 26.0. The molecule has 0 bridgehead atoms. The molecule has 0 aliphatic carbocycles. The molecular weight excluding hydrogens is 360 g/mol. The third-order valence-corrected chi connectivity index (χ3v) is 5.74. The minimum Gasteiger partial charge on any atom is -0.493 e. The molecule has 0 aromatic heterocycles. The van der Waals surface area contributed by atoms with Crippen LogP contribution in [0, 0.1) is 11.8 Å². The molecule has 2 aliphatic rings. The van der Waals surface area contributed by atoms with Crippen molar-refractivity contribution >= 4 is 0 Å². The van der Waals surface area contributed by atoms with Gasteiger partial charge >= 0.3 is 0 Å². The van der Waals surface area contributed by atoms with Crippen LogP contribution in [0.5, 0.6) is 23.0 Å². The van der Waals surface area contributed by atoms with Crippen molar-refractivity contribution in [3.05, 3.63) is 47.5 Å². The molecule has 3 unspecified atom stereocenters. The van der Waals surface area contributed by atoms with E-state index in [-0.39, 0.29) is 24.0 Å². The lowest BCUT2D eigenvalue weighted by Gasteiger charge is -2.18. The summed E-state index contributed by atoms with van der Waals surface area (Å²) in [6, 6.07) is 11.9. The van der Waals surface area contributed by atoms with Crippen molar-refractivity contribution in [3.63, 3.8) is 0 Å². The summed E-state index contributed by atoms with van der Waals surface area (Å²) in [5, 5.41) is 0. The topological polar surface area (TPSA) is 55.4 Å². The fraction of sp³-hybridized carbons (Fsp3) is 0.455. The first-order valence-corrected chi connectivity index (χ1v) is 9.37. The molecule has 4 atom stereocenters. The van der Waals surface area contributed by atoms with Gasteiger partial charge in [0.15, 0.2) is 23.0 Å². The van der Waals surface area contributed by atoms with Crippen LogP contribution in [-0.4, -0.2) is 41.7 Å². The number of hydrogen-bond acceptors (Lipinski definition) is 6. The molecule has 6 nitrogen and oxygen atoms in total. The van der Waals surface area contributed by atoms with E-state index in [1.807, 2.05) is 36.4 Å². The summed E-state index contributed by atoms with van der Waals surface area (Å²) in [5.41, 5.74) is 2.17. The Labute approximate surface area is 165 Å². The molecule has 0 radical (unpaired) electrons. The largest absolute Gasteiger partial charge is 0.493 e. The van der Waals surface area contributed by atoms with Crippen LogP contribution in [0.25, 0.3) is 0 Å². The van der Waals surface area contributed by atoms with Crippen molar-refractivity contribution in [1.82, 2.24) is 0 Å². The van der Waals surface area contributed by atoms with Gasteiger partial charge in [-0.2, -0.15) is 0 Å². The Hall–Kier alpha value is -2.44. The maximum atomic E-state index is 6.20. The van der Waals surface area contributed by atoms with Crippen LogP contribution in [-0.2, 0) is 9.47 Å². The zero-order chi connectivity index (χ0) is 19.7. The van der Waals surface area contributed by atoms with E-state index in [9.17, 15) is 0 Å². The number of ether oxygens (including phenoxy) is 6. The third-order valence-electron chi connectivity index (χ3n) is 5.74. The molecule has 2 aliphatic heterocycles. The predicted molar refractivity (Wildman–Crippen MR) is 103 cm³/mol. The van der Waals surface area contributed by atoms with E-state index >= 15 is 0 Å². The van der Waals surface area contributed by atoms with Crippen molar-refractivity contribution in [1.29, 1.82) is 0 Å². The molecule has 0 amide bonds. The highest BCUT2D eigenvalue weighted by molar-refractivity contribution is 5.45. The second kappa shape index (κ2) is 7.89. The van der Waals surface area contributed by atoms with Crippen LogP contribution in [0.1, 0.15) is 23.3 Å². The Balaban J connectivity index is 1.57. The van der Waals surface area contributed by atoms with E-state index in [1.165, 1.54) is 0 Å². The Morgan fingerprint density at radius 3 is 1.36 bits per heavy atom. The molecule has 4 rings (SSSR count). The second-order valence-corrected chi connectivity index (χ2v) is 7.06. The first kappa shape index (κ1) is 18.9. The molecule has 2 saturated heterocycles. The van der Waals surface area contributed by atoms with E-state index < -0.39 is 0 Å². The zero-order valence-corrected chi connectivity index (χ0v) is 16.6. The van der Waals surface area contributed by atoms with Gasteiger partial charge in [0.2, 0.25) is 0 Å². The Kier molecular flexibility index (Phi) is 5.33. The van der Waals surface area contributed by atoms with Crippen molar-refractivity contribution in [3.8, 4) is 23.0 Å². The van der Waals surface area contributed by atoms with Gasteiger partial charge < -0.3 is 28.4 Å². The lowest BCUT2D eigenvalue weighted by atomic mass is 9.85. The fourth-order valence-electron chi connectivity index (χ4n) is 4.29. The molecule has 6 heteroatoms. The zero-order valence-electron chi connectivity index (χ0n) is 16.6. The summed E-state index contributed by atoms with van der Waals surface area (Å²) in [5.74, 6) is 3.43. The van der Waals surface area contributed by atoms with Crippen LogP contribution in [0.3, 0.4) is 0 Å². The molecule has 2 aromatic carbocycles. The van der Waals surface area contributed by atoms with Gasteiger partial charge in [0.25, 0.3) is 0 Å². The maximum Gasteiger partial charge on any atom is 0.161 e. The number of hydrogen-bond donors (Lipinski definition) is 0. The van der Waals surface area contributed by atoms with Crippen LogP contribution in [0.15, 0.2) is 36.4 Å². The predicted octanol–water partition coefficient (Wildman–Crippen LogP) is 3.80. The summed E-state index contributed by atoms with van der Waals surface area (Å²) in [6.45, 7) is 1.31. The molecule has 0 N–H and O–H groups in total. The summed E-state index contributed by atoms with van der Waals surface area (Å²) in [6.07, 6.45) is -0.0371. The average Bonchev–Trinajstić information content (AvgIpc) is 3.35. The smallest absolute Gasteiger partial charge is 0.161 e. The van der Waals surface area contributed by atoms with E-state index in [0.717, 1.165) is 11.1 Å². The van der Waals surface area contributed by atoms with Crippen molar-refractivity contribution < 1.29 is 28.4 Å². The molecule has 28 heavy (non-hydrogen) atoms. The van der Waals surface area contributed by atoms with Gasteiger partial charge in [0.1, 0.15) is 0 Å². The lowest BCUT2D eigenvalue weighted by Crippen LogP contribution is -2.14. The molecule has 2 heterocycles. The molecule has 0 saturated carbocycles. The van der Waals surface area contributed by atoms with Gasteiger partial charge in [-0.25, -0.2) is 0 Å². The highest BCUT2D eigenvalue weighted by Crippen LogP contribution is 2.51. The van der Waals surface area contributed by atoms with Crippen molar-refractivity contribution in [2.24, 2.45) is 11.8 Å². The third kappa shape index (κ3) is 3.16. The number of benzene rings is 2. The minimum absolute atomic E-state index is 0.0186. The Morgan fingerprint density at radius 2 is 1.00 bits per heavy atom. The first-order chi connectivity index (χ1) is 13.7. The first-order valence-electron chi connectivity index (χ1n) is 9.37. The van der Waals surface area contributed by atoms with Crippen LogP contribution in [0.2, 0.25) is 0 Å². The van der Waals surface area contributed by atoms with E-state index in [0.29, 0.717) is 36.2 Å². The van der Waals surface area contributed by atoms with Gasteiger partial charge in [-0.05, 0) is 35.4 Å². The maximum absolute atomic E-state index is 6.20. The molecule has 2 fully saturated rings. The van der Waals surface area contributed by atoms with Gasteiger partial charge in [0, 0.05) is 11.8 Å². The summed E-state index contributed by atoms with van der Waals surface area (Å²) < 4.78 is 34.0. The van der Waals surface area contributed by atoms with Crippen LogP contribution >= 0.6 is 0 Å². The molecule has 2 aromatic rings. The molecule has 150 valence electrons. The molecular formula is C22H26O6. The van der Waals surface area contributed by atoms with Gasteiger partial charge in [-0.3, -0.25) is 0 Å². The number of fused-ring (bicyclic) bond motifs is 1. The minimum atomic E-state index is -0.0186. The number of methoxy groups -OCH3 is 4. The fourth-order valence-corrected chi connectivity index (χ4v) is 4.29. The van der Waals surface area contributed by atoms with Crippen LogP contribution < -0.4 is 18.9 Å². The molecule has 0 spiro atoms. The van der Waals surface area contributed by atoms with Gasteiger partial charge in [-0.1, -0.05) is 12.1 Å². The summed E-state index contributed by atoms with van der Waals surface area (Å²) in [7, 11) is 6.56. The Morgan fingerprint density at radius 1 is 0.607 bits per heavy atom. The van der Waals surface area contributed by atoms with Crippen molar-refractivity contribution in [2.75, 3.05) is 41.7 Å². The van der Waals surface area contributed by atoms with E-state index in [4.69, 9.17) is 28.4 Å².